The van der Waals surface area contributed by atoms with Crippen molar-refractivity contribution < 1.29 is 4.79 Å². The average molecular weight is 309 g/mol. The van der Waals surface area contributed by atoms with E-state index in [0.717, 1.165) is 22.0 Å². The van der Waals surface area contributed by atoms with Gasteiger partial charge in [-0.15, -0.1) is 11.8 Å². The largest absolute Gasteiger partial charge is 0.273 e. The van der Waals surface area contributed by atoms with E-state index in [9.17, 15) is 4.79 Å². The van der Waals surface area contributed by atoms with Crippen LogP contribution in [0, 0.1) is 0 Å². The molecule has 4 rings (SSSR count). The van der Waals surface area contributed by atoms with Crippen LogP contribution < -0.4 is 5.43 Å². The first-order valence-corrected chi connectivity index (χ1v) is 8.13. The van der Waals surface area contributed by atoms with Gasteiger partial charge >= 0.3 is 0 Å². The number of amides is 1. The van der Waals surface area contributed by atoms with E-state index >= 15 is 0 Å². The highest BCUT2D eigenvalue weighted by Crippen LogP contribution is 2.40. The molecule has 2 aliphatic rings. The number of carbonyl (C=O) groups excluding carboxylic acids is 1. The molecule has 1 N–H and O–H groups in total. The maximum Gasteiger partial charge on any atom is 0.240 e. The van der Waals surface area contributed by atoms with Crippen LogP contribution in [0.5, 0.6) is 0 Å². The first kappa shape index (κ1) is 13.4. The lowest BCUT2D eigenvalue weighted by molar-refractivity contribution is -0.125. The summed E-state index contributed by atoms with van der Waals surface area (Å²) < 4.78 is 0. The minimum absolute atomic E-state index is 0.0479. The lowest BCUT2D eigenvalue weighted by atomic mass is 10.1. The summed E-state index contributed by atoms with van der Waals surface area (Å²) in [6.07, 6.45) is 0.475. The molecule has 0 bridgehead atoms. The molecule has 0 radical (unpaired) electrons. The number of aliphatic imine (C=N–C) groups is 1. The highest BCUT2D eigenvalue weighted by Gasteiger charge is 2.34. The normalized spacial score (nSPS) is 19.8. The Morgan fingerprint density at radius 3 is 2.77 bits per heavy atom. The van der Waals surface area contributed by atoms with Gasteiger partial charge in [-0.3, -0.25) is 15.2 Å². The van der Waals surface area contributed by atoms with Crippen LogP contribution in [0.1, 0.15) is 12.0 Å². The fourth-order valence-corrected chi connectivity index (χ4v) is 3.94. The number of nitrogens with zero attached hydrogens (tertiary/aromatic N) is 2. The molecule has 22 heavy (non-hydrogen) atoms. The van der Waals surface area contributed by atoms with E-state index in [1.165, 1.54) is 0 Å². The summed E-state index contributed by atoms with van der Waals surface area (Å²) >= 11 is 1.73. The zero-order valence-electron chi connectivity index (χ0n) is 11.9. The Bertz CT molecular complexity index is 745. The smallest absolute Gasteiger partial charge is 0.240 e. The van der Waals surface area contributed by atoms with Crippen molar-refractivity contribution in [3.63, 3.8) is 0 Å². The second-order valence-electron chi connectivity index (χ2n) is 5.36. The molecule has 0 spiro atoms. The van der Waals surface area contributed by atoms with E-state index in [0.29, 0.717) is 13.0 Å². The lowest BCUT2D eigenvalue weighted by Crippen LogP contribution is -2.55. The summed E-state index contributed by atoms with van der Waals surface area (Å²) in [6, 6.07) is 18.2. The summed E-state index contributed by atoms with van der Waals surface area (Å²) in [4.78, 5) is 17.9. The second-order valence-corrected chi connectivity index (χ2v) is 6.60. The third-order valence-electron chi connectivity index (χ3n) is 3.75. The molecule has 2 aliphatic heterocycles. The van der Waals surface area contributed by atoms with E-state index < -0.39 is 0 Å². The molecule has 2 aromatic carbocycles. The summed E-state index contributed by atoms with van der Waals surface area (Å²) in [5.41, 5.74) is 5.07. The minimum Gasteiger partial charge on any atom is -0.273 e. The Labute approximate surface area is 133 Å². The molecule has 1 atom stereocenters. The molecule has 0 saturated carbocycles. The van der Waals surface area contributed by atoms with Gasteiger partial charge in [-0.2, -0.15) is 0 Å². The molecule has 1 saturated heterocycles. The number of fused-ring (bicyclic) bond motifs is 2. The van der Waals surface area contributed by atoms with Crippen LogP contribution in [0.2, 0.25) is 0 Å². The molecule has 1 amide bonds. The van der Waals surface area contributed by atoms with Gasteiger partial charge in [-0.25, -0.2) is 4.99 Å². The minimum atomic E-state index is 0.0479. The maximum absolute atomic E-state index is 12.0. The number of benzene rings is 2. The maximum atomic E-state index is 12.0. The molecule has 110 valence electrons. The van der Waals surface area contributed by atoms with Crippen molar-refractivity contribution in [2.75, 3.05) is 0 Å². The average Bonchev–Trinajstić information content (AvgIpc) is 2.54. The van der Waals surface area contributed by atoms with Crippen molar-refractivity contribution in [3.05, 3.63) is 60.2 Å². The van der Waals surface area contributed by atoms with E-state index in [1.807, 2.05) is 41.4 Å². The highest BCUT2D eigenvalue weighted by atomic mass is 32.2. The zero-order valence-corrected chi connectivity index (χ0v) is 12.7. The Morgan fingerprint density at radius 2 is 1.91 bits per heavy atom. The van der Waals surface area contributed by atoms with Crippen LogP contribution in [0.15, 0.2) is 64.5 Å². The highest BCUT2D eigenvalue weighted by molar-refractivity contribution is 8.01. The van der Waals surface area contributed by atoms with E-state index in [2.05, 4.69) is 23.6 Å². The number of carbonyl (C=O) groups is 1. The standard InChI is InChI=1S/C17H15N3OS/c21-16-10-15-17(18-13-8-4-5-9-14(13)22-15)20(19-16)11-12-6-2-1-3-7-12/h1-9,15H,10-11H2,(H,19,21)/t15-/m1/s1. The first-order valence-electron chi connectivity index (χ1n) is 7.25. The molecular formula is C17H15N3OS. The topological polar surface area (TPSA) is 44.7 Å². The monoisotopic (exact) mass is 309 g/mol. The van der Waals surface area contributed by atoms with Gasteiger partial charge in [-0.1, -0.05) is 42.5 Å². The summed E-state index contributed by atoms with van der Waals surface area (Å²) in [7, 11) is 0. The number of hydrazine groups is 1. The summed E-state index contributed by atoms with van der Waals surface area (Å²) in [5.74, 6) is 0.985. The SMILES string of the molecule is O=C1C[C@H]2Sc3ccccc3N=C2N(Cc2ccccc2)N1. The van der Waals surface area contributed by atoms with Crippen molar-refractivity contribution in [3.8, 4) is 0 Å². The number of rotatable bonds is 2. The molecule has 0 aromatic heterocycles. The van der Waals surface area contributed by atoms with Crippen molar-refractivity contribution in [1.29, 1.82) is 0 Å². The molecule has 0 unspecified atom stereocenters. The van der Waals surface area contributed by atoms with Crippen molar-refractivity contribution in [2.24, 2.45) is 4.99 Å². The molecule has 1 fully saturated rings. The van der Waals surface area contributed by atoms with E-state index in [-0.39, 0.29) is 11.2 Å². The fourth-order valence-electron chi connectivity index (χ4n) is 2.73. The summed E-state index contributed by atoms with van der Waals surface area (Å²) in [6.45, 7) is 0.630. The number of hydrogen-bond acceptors (Lipinski definition) is 4. The van der Waals surface area contributed by atoms with Crippen LogP contribution in [0.25, 0.3) is 0 Å². The second kappa shape index (κ2) is 5.50. The Hall–Kier alpha value is -2.27. The first-order chi connectivity index (χ1) is 10.8. The van der Waals surface area contributed by atoms with Gasteiger partial charge in [-0.05, 0) is 17.7 Å². The predicted molar refractivity (Wildman–Crippen MR) is 87.9 cm³/mol. The van der Waals surface area contributed by atoms with Crippen molar-refractivity contribution in [2.45, 2.75) is 23.1 Å². The van der Waals surface area contributed by atoms with Gasteiger partial charge in [0.1, 0.15) is 5.84 Å². The van der Waals surface area contributed by atoms with Crippen LogP contribution in [0.4, 0.5) is 5.69 Å². The van der Waals surface area contributed by atoms with Crippen LogP contribution in [-0.4, -0.2) is 22.0 Å². The molecule has 0 aliphatic carbocycles. The van der Waals surface area contributed by atoms with Crippen LogP contribution in [-0.2, 0) is 11.3 Å². The van der Waals surface area contributed by atoms with E-state index in [1.54, 1.807) is 11.8 Å². The lowest BCUT2D eigenvalue weighted by Gasteiger charge is -2.37. The van der Waals surface area contributed by atoms with Gasteiger partial charge < -0.3 is 0 Å². The van der Waals surface area contributed by atoms with Crippen molar-refractivity contribution >= 4 is 29.2 Å². The quantitative estimate of drug-likeness (QED) is 0.927. The van der Waals surface area contributed by atoms with Gasteiger partial charge in [0.25, 0.3) is 0 Å². The molecule has 2 heterocycles. The number of nitrogens with one attached hydrogen (secondary N) is 1. The molecular weight excluding hydrogens is 294 g/mol. The van der Waals surface area contributed by atoms with Gasteiger partial charge in [0, 0.05) is 11.3 Å². The number of hydrogen-bond donors (Lipinski definition) is 1. The van der Waals surface area contributed by atoms with E-state index in [4.69, 9.17) is 4.99 Å². The molecule has 4 nitrogen and oxygen atoms in total. The Morgan fingerprint density at radius 1 is 1.14 bits per heavy atom. The predicted octanol–water partition coefficient (Wildman–Crippen LogP) is 3.13. The summed E-state index contributed by atoms with van der Waals surface area (Å²) in [5, 5.41) is 1.97. The fraction of sp³-hybridized carbons (Fsp3) is 0.176. The zero-order chi connectivity index (χ0) is 14.9. The van der Waals surface area contributed by atoms with Gasteiger partial charge in [0.15, 0.2) is 0 Å². The third-order valence-corrected chi connectivity index (χ3v) is 5.01. The van der Waals surface area contributed by atoms with Crippen molar-refractivity contribution in [1.82, 2.24) is 10.4 Å². The number of amidine groups is 1. The number of para-hydroxylation sites is 1. The van der Waals surface area contributed by atoms with Gasteiger partial charge in [0.05, 0.1) is 17.5 Å². The number of thioether (sulfide) groups is 1. The Balaban J connectivity index is 1.69. The molecule has 5 heteroatoms. The van der Waals surface area contributed by atoms with Gasteiger partial charge in [0.2, 0.25) is 5.91 Å². The van der Waals surface area contributed by atoms with Crippen LogP contribution >= 0.6 is 11.8 Å². The third kappa shape index (κ3) is 2.48. The van der Waals surface area contributed by atoms with Crippen LogP contribution in [0.3, 0.4) is 0 Å². The molecule has 2 aromatic rings. The Kier molecular flexibility index (Phi) is 3.35.